The van der Waals surface area contributed by atoms with Gasteiger partial charge < -0.3 is 10.6 Å². The summed E-state index contributed by atoms with van der Waals surface area (Å²) in [5, 5.41) is 13.4. The lowest BCUT2D eigenvalue weighted by Crippen LogP contribution is -2.40. The van der Waals surface area contributed by atoms with Gasteiger partial charge in [0.25, 0.3) is 0 Å². The zero-order valence-corrected chi connectivity index (χ0v) is 18.9. The fourth-order valence-corrected chi connectivity index (χ4v) is 3.69. The molecule has 1 unspecified atom stereocenters. The molecule has 0 radical (unpaired) electrons. The van der Waals surface area contributed by atoms with Gasteiger partial charge in [-0.2, -0.15) is 5.10 Å². The Balaban J connectivity index is 0.00000312. The summed E-state index contributed by atoms with van der Waals surface area (Å²) in [6, 6.07) is 4.32. The van der Waals surface area contributed by atoms with Gasteiger partial charge >= 0.3 is 0 Å². The maximum atomic E-state index is 4.47. The highest BCUT2D eigenvalue weighted by atomic mass is 127. The summed E-state index contributed by atoms with van der Waals surface area (Å²) in [6.07, 6.45) is 2.06. The first-order valence-corrected chi connectivity index (χ1v) is 9.35. The van der Waals surface area contributed by atoms with E-state index in [-0.39, 0.29) is 24.0 Å². The van der Waals surface area contributed by atoms with Gasteiger partial charge in [-0.15, -0.1) is 35.3 Å². The van der Waals surface area contributed by atoms with Gasteiger partial charge in [0.05, 0.1) is 5.69 Å². The Hall–Kier alpha value is -1.09. The molecule has 2 N–H and O–H groups in total. The maximum absolute atomic E-state index is 4.47. The molecule has 2 heterocycles. The fraction of sp³-hybridized carbons (Fsp3) is 0.556. The topological polar surface area (TPSA) is 54.2 Å². The third kappa shape index (κ3) is 6.62. The average molecular weight is 475 g/mol. The van der Waals surface area contributed by atoms with Crippen molar-refractivity contribution in [3.8, 4) is 0 Å². The molecule has 2 aromatic heterocycles. The van der Waals surface area contributed by atoms with Crippen LogP contribution in [0.15, 0.2) is 22.5 Å². The number of hydrogen-bond acceptors (Lipinski definition) is 3. The molecule has 5 nitrogen and oxygen atoms in total. The molecule has 140 valence electrons. The number of thiophene rings is 1. The number of hydrogen-bond donors (Lipinski definition) is 2. The Labute approximate surface area is 172 Å². The van der Waals surface area contributed by atoms with Crippen molar-refractivity contribution in [1.82, 2.24) is 20.4 Å². The largest absolute Gasteiger partial charge is 0.356 e. The molecule has 0 fully saturated rings. The summed E-state index contributed by atoms with van der Waals surface area (Å²) in [7, 11) is 3.81. The normalized spacial score (nSPS) is 12.6. The third-order valence-corrected chi connectivity index (χ3v) is 5.20. The third-order valence-electron chi connectivity index (χ3n) is 4.30. The number of aromatic nitrogens is 2. The van der Waals surface area contributed by atoms with Crippen LogP contribution in [0.3, 0.4) is 0 Å². The van der Waals surface area contributed by atoms with Gasteiger partial charge in [-0.25, -0.2) is 0 Å². The van der Waals surface area contributed by atoms with Crippen LogP contribution < -0.4 is 10.6 Å². The van der Waals surface area contributed by atoms with Gasteiger partial charge in [0.15, 0.2) is 5.96 Å². The van der Waals surface area contributed by atoms with Gasteiger partial charge in [-0.05, 0) is 49.6 Å². The number of rotatable bonds is 7. The minimum Gasteiger partial charge on any atom is -0.356 e. The molecular formula is C18H30IN5S. The van der Waals surface area contributed by atoms with Crippen molar-refractivity contribution in [3.63, 3.8) is 0 Å². The summed E-state index contributed by atoms with van der Waals surface area (Å²) in [5.41, 5.74) is 3.68. The fourth-order valence-electron chi connectivity index (χ4n) is 2.82. The molecular weight excluding hydrogens is 445 g/mol. The van der Waals surface area contributed by atoms with Crippen LogP contribution in [0.5, 0.6) is 0 Å². The molecule has 0 aliphatic rings. The van der Waals surface area contributed by atoms with Crippen LogP contribution in [0.4, 0.5) is 0 Å². The second-order valence-corrected chi connectivity index (χ2v) is 7.32. The quantitative estimate of drug-likeness (QED) is 0.367. The van der Waals surface area contributed by atoms with Gasteiger partial charge in [0.2, 0.25) is 0 Å². The number of nitrogens with one attached hydrogen (secondary N) is 2. The van der Waals surface area contributed by atoms with E-state index in [0.29, 0.717) is 5.92 Å². The van der Waals surface area contributed by atoms with Gasteiger partial charge in [-0.3, -0.25) is 9.67 Å². The molecule has 0 bridgehead atoms. The molecule has 7 heteroatoms. The van der Waals surface area contributed by atoms with Crippen LogP contribution in [0.25, 0.3) is 0 Å². The maximum Gasteiger partial charge on any atom is 0.190 e. The van der Waals surface area contributed by atoms with Crippen LogP contribution in [0.1, 0.15) is 28.8 Å². The Morgan fingerprint density at radius 1 is 1.36 bits per heavy atom. The molecule has 0 spiro atoms. The van der Waals surface area contributed by atoms with Gasteiger partial charge in [0, 0.05) is 37.8 Å². The van der Waals surface area contributed by atoms with Crippen LogP contribution in [0.2, 0.25) is 0 Å². The standard InChI is InChI=1S/C18H29N5S.HI/c1-13(11-16-7-6-10-24-16)12-21-18(19-4)20-9-8-17-14(2)22-23(5)15(17)3;/h6-7,10,13H,8-9,11-12H2,1-5H3,(H2,19,20,21);1H. The van der Waals surface area contributed by atoms with E-state index in [4.69, 9.17) is 0 Å². The molecule has 0 aromatic carbocycles. The lowest BCUT2D eigenvalue weighted by Gasteiger charge is -2.15. The van der Waals surface area contributed by atoms with Gasteiger partial charge in [-0.1, -0.05) is 13.0 Å². The Morgan fingerprint density at radius 2 is 2.12 bits per heavy atom. The molecule has 0 saturated heterocycles. The van der Waals surface area contributed by atoms with Crippen LogP contribution in [-0.2, 0) is 19.9 Å². The number of guanidine groups is 1. The number of nitrogens with zero attached hydrogens (tertiary/aromatic N) is 3. The number of halogens is 1. The minimum absolute atomic E-state index is 0. The predicted octanol–water partition coefficient (Wildman–Crippen LogP) is 3.30. The molecule has 0 aliphatic heterocycles. The van der Waals surface area contributed by atoms with E-state index in [1.165, 1.54) is 16.1 Å². The zero-order valence-electron chi connectivity index (χ0n) is 15.8. The van der Waals surface area contributed by atoms with E-state index in [2.05, 4.69) is 59.0 Å². The van der Waals surface area contributed by atoms with Crippen molar-refractivity contribution in [2.24, 2.45) is 18.0 Å². The molecule has 0 saturated carbocycles. The van der Waals surface area contributed by atoms with E-state index < -0.39 is 0 Å². The number of aryl methyl sites for hydroxylation is 2. The van der Waals surface area contributed by atoms with Crippen molar-refractivity contribution in [2.45, 2.75) is 33.6 Å². The lowest BCUT2D eigenvalue weighted by molar-refractivity contribution is 0.562. The van der Waals surface area contributed by atoms with Crippen molar-refractivity contribution < 1.29 is 0 Å². The summed E-state index contributed by atoms with van der Waals surface area (Å²) in [5.74, 6) is 1.44. The van der Waals surface area contributed by atoms with Crippen molar-refractivity contribution >= 4 is 41.3 Å². The second-order valence-electron chi connectivity index (χ2n) is 6.29. The first-order chi connectivity index (χ1) is 11.5. The lowest BCUT2D eigenvalue weighted by atomic mass is 10.1. The highest BCUT2D eigenvalue weighted by Crippen LogP contribution is 2.14. The van der Waals surface area contributed by atoms with Crippen LogP contribution in [-0.4, -0.2) is 35.9 Å². The molecule has 25 heavy (non-hydrogen) atoms. The zero-order chi connectivity index (χ0) is 17.5. The minimum atomic E-state index is 0. The van der Waals surface area contributed by atoms with E-state index in [1.807, 2.05) is 30.1 Å². The molecule has 0 aliphatic carbocycles. The Kier molecular flexibility index (Phi) is 9.48. The summed E-state index contributed by atoms with van der Waals surface area (Å²) in [6.45, 7) is 8.23. The highest BCUT2D eigenvalue weighted by molar-refractivity contribution is 14.0. The van der Waals surface area contributed by atoms with Gasteiger partial charge in [0.1, 0.15) is 0 Å². The van der Waals surface area contributed by atoms with Crippen LogP contribution in [0, 0.1) is 19.8 Å². The first kappa shape index (κ1) is 22.0. The van der Waals surface area contributed by atoms with Crippen LogP contribution >= 0.6 is 35.3 Å². The molecule has 0 amide bonds. The van der Waals surface area contributed by atoms with E-state index in [9.17, 15) is 0 Å². The highest BCUT2D eigenvalue weighted by Gasteiger charge is 2.10. The summed E-state index contributed by atoms with van der Waals surface area (Å²) < 4.78 is 1.95. The van der Waals surface area contributed by atoms with Crippen molar-refractivity contribution in [2.75, 3.05) is 20.1 Å². The number of aliphatic imine (C=N–C) groups is 1. The second kappa shape index (κ2) is 10.8. The average Bonchev–Trinajstić information content (AvgIpc) is 3.13. The molecule has 2 aromatic rings. The Bertz CT molecular complexity index is 663. The first-order valence-electron chi connectivity index (χ1n) is 8.47. The molecule has 1 atom stereocenters. The van der Waals surface area contributed by atoms with E-state index in [0.717, 1.165) is 37.6 Å². The van der Waals surface area contributed by atoms with E-state index in [1.54, 1.807) is 0 Å². The smallest absolute Gasteiger partial charge is 0.190 e. The van der Waals surface area contributed by atoms with E-state index >= 15 is 0 Å². The SMILES string of the molecule is CN=C(NCCc1c(C)nn(C)c1C)NCC(C)Cc1cccs1.I. The Morgan fingerprint density at radius 3 is 2.68 bits per heavy atom. The summed E-state index contributed by atoms with van der Waals surface area (Å²) in [4.78, 5) is 5.75. The van der Waals surface area contributed by atoms with Crippen molar-refractivity contribution in [3.05, 3.63) is 39.3 Å². The van der Waals surface area contributed by atoms with Crippen molar-refractivity contribution in [1.29, 1.82) is 0 Å². The predicted molar refractivity (Wildman–Crippen MR) is 118 cm³/mol. The monoisotopic (exact) mass is 475 g/mol. The molecule has 2 rings (SSSR count). The summed E-state index contributed by atoms with van der Waals surface area (Å²) >= 11 is 1.83.